The molecule has 0 bridgehead atoms. The molecule has 1 fully saturated rings. The van der Waals surface area contributed by atoms with Crippen LogP contribution < -0.4 is 5.32 Å². The Morgan fingerprint density at radius 3 is 2.92 bits per heavy atom. The first kappa shape index (κ1) is 20.7. The van der Waals surface area contributed by atoms with E-state index in [4.69, 9.17) is 4.74 Å². The number of hydrogen-bond acceptors (Lipinski definition) is 3. The number of rotatable bonds is 6. The summed E-state index contributed by atoms with van der Waals surface area (Å²) in [7, 11) is 3.62. The molecule has 6 nitrogen and oxygen atoms in total. The molecular formula is C19H28IN5O. The zero-order chi connectivity index (χ0) is 17.5. The molecule has 0 radical (unpaired) electrons. The van der Waals surface area contributed by atoms with Crippen LogP contribution in [0.15, 0.2) is 47.7 Å². The van der Waals surface area contributed by atoms with Crippen molar-refractivity contribution >= 4 is 29.9 Å². The second-order valence-corrected chi connectivity index (χ2v) is 6.48. The monoisotopic (exact) mass is 469 g/mol. The van der Waals surface area contributed by atoms with Crippen LogP contribution in [0.5, 0.6) is 0 Å². The molecule has 1 unspecified atom stereocenters. The minimum atomic E-state index is 0. The quantitative estimate of drug-likeness (QED) is 0.402. The average Bonchev–Trinajstić information content (AvgIpc) is 3.29. The van der Waals surface area contributed by atoms with Gasteiger partial charge in [-0.05, 0) is 23.6 Å². The summed E-state index contributed by atoms with van der Waals surface area (Å²) in [4.78, 5) is 6.76. The van der Waals surface area contributed by atoms with Gasteiger partial charge in [0.1, 0.15) is 0 Å². The Hall–Kier alpha value is -1.61. The number of aromatic nitrogens is 2. The molecule has 1 aliphatic rings. The smallest absolute Gasteiger partial charge is 0.193 e. The predicted octanol–water partition coefficient (Wildman–Crippen LogP) is 2.59. The molecule has 1 aromatic heterocycles. The highest BCUT2D eigenvalue weighted by Gasteiger charge is 2.24. The summed E-state index contributed by atoms with van der Waals surface area (Å²) in [5.41, 5.74) is 2.50. The van der Waals surface area contributed by atoms with E-state index in [0.29, 0.717) is 5.92 Å². The molecule has 1 aromatic carbocycles. The lowest BCUT2D eigenvalue weighted by Gasteiger charge is -2.21. The molecule has 1 N–H and O–H groups in total. The van der Waals surface area contributed by atoms with Crippen molar-refractivity contribution < 1.29 is 4.74 Å². The molecule has 1 atom stereocenters. The number of hydrogen-bond donors (Lipinski definition) is 1. The van der Waals surface area contributed by atoms with E-state index in [1.807, 2.05) is 30.2 Å². The number of guanidine groups is 1. The van der Waals surface area contributed by atoms with Crippen LogP contribution in [0.3, 0.4) is 0 Å². The van der Waals surface area contributed by atoms with Crippen molar-refractivity contribution in [2.24, 2.45) is 10.9 Å². The molecule has 0 aliphatic carbocycles. The Morgan fingerprint density at radius 2 is 2.19 bits per heavy atom. The van der Waals surface area contributed by atoms with Crippen molar-refractivity contribution in [3.63, 3.8) is 0 Å². The Balaban J connectivity index is 0.00000243. The maximum absolute atomic E-state index is 5.28. The van der Waals surface area contributed by atoms with Gasteiger partial charge in [-0.25, -0.2) is 0 Å². The summed E-state index contributed by atoms with van der Waals surface area (Å²) in [6.45, 7) is 4.42. The van der Waals surface area contributed by atoms with Crippen molar-refractivity contribution in [2.45, 2.75) is 19.5 Å². The van der Waals surface area contributed by atoms with Crippen molar-refractivity contribution in [3.8, 4) is 0 Å². The van der Waals surface area contributed by atoms with Crippen LogP contribution in [0.1, 0.15) is 17.5 Å². The lowest BCUT2D eigenvalue weighted by atomic mass is 10.1. The molecule has 2 heterocycles. The molecule has 2 aromatic rings. The molecule has 0 spiro atoms. The number of likely N-dealkylation sites (tertiary alicyclic amines) is 1. The molecule has 26 heavy (non-hydrogen) atoms. The Labute approximate surface area is 172 Å². The van der Waals surface area contributed by atoms with E-state index in [1.165, 1.54) is 11.1 Å². The predicted molar refractivity (Wildman–Crippen MR) is 115 cm³/mol. The molecule has 142 valence electrons. The van der Waals surface area contributed by atoms with Crippen LogP contribution in [0.2, 0.25) is 0 Å². The van der Waals surface area contributed by atoms with E-state index in [2.05, 4.69) is 44.6 Å². The SMILES string of the molecule is CN=C(NCc1cccc(Cn2cccn2)c1)N1CCC(COC)C1.I. The first-order valence-corrected chi connectivity index (χ1v) is 8.78. The van der Waals surface area contributed by atoms with E-state index in [-0.39, 0.29) is 24.0 Å². The van der Waals surface area contributed by atoms with Crippen LogP contribution >= 0.6 is 24.0 Å². The van der Waals surface area contributed by atoms with Crippen LogP contribution in [0.25, 0.3) is 0 Å². The summed E-state index contributed by atoms with van der Waals surface area (Å²) in [6, 6.07) is 10.5. The minimum absolute atomic E-state index is 0. The summed E-state index contributed by atoms with van der Waals surface area (Å²) in [5.74, 6) is 1.57. The number of nitrogens with one attached hydrogen (secondary N) is 1. The first-order valence-electron chi connectivity index (χ1n) is 8.78. The number of ether oxygens (including phenoxy) is 1. The standard InChI is InChI=1S/C19H27N5O.HI/c1-20-19(23-10-7-18(13-23)15-25-2)21-12-16-5-3-6-17(11-16)14-24-9-4-8-22-24;/h3-6,8-9,11,18H,7,10,12-15H2,1-2H3,(H,20,21);1H. The number of benzene rings is 1. The Bertz CT molecular complexity index is 689. The molecule has 0 amide bonds. The summed E-state index contributed by atoms with van der Waals surface area (Å²) < 4.78 is 7.22. The number of halogens is 1. The summed E-state index contributed by atoms with van der Waals surface area (Å²) >= 11 is 0. The largest absolute Gasteiger partial charge is 0.384 e. The second-order valence-electron chi connectivity index (χ2n) is 6.48. The molecular weight excluding hydrogens is 441 g/mol. The number of aliphatic imine (C=N–C) groups is 1. The van der Waals surface area contributed by atoms with E-state index >= 15 is 0 Å². The highest BCUT2D eigenvalue weighted by atomic mass is 127. The fraction of sp³-hybridized carbons (Fsp3) is 0.474. The number of methoxy groups -OCH3 is 1. The lowest BCUT2D eigenvalue weighted by molar-refractivity contribution is 0.157. The molecule has 7 heteroatoms. The van der Waals surface area contributed by atoms with Crippen LogP contribution in [0, 0.1) is 5.92 Å². The van der Waals surface area contributed by atoms with E-state index in [9.17, 15) is 0 Å². The van der Waals surface area contributed by atoms with Crippen LogP contribution in [0.4, 0.5) is 0 Å². The zero-order valence-electron chi connectivity index (χ0n) is 15.5. The van der Waals surface area contributed by atoms with Crippen molar-refractivity contribution in [3.05, 3.63) is 53.9 Å². The molecule has 0 saturated carbocycles. The van der Waals surface area contributed by atoms with Gasteiger partial charge in [0.05, 0.1) is 13.2 Å². The maximum atomic E-state index is 5.28. The normalized spacial score (nSPS) is 17.2. The summed E-state index contributed by atoms with van der Waals surface area (Å²) in [6.07, 6.45) is 4.95. The van der Waals surface area contributed by atoms with Gasteiger partial charge in [-0.3, -0.25) is 9.67 Å². The van der Waals surface area contributed by atoms with Gasteiger partial charge in [0.25, 0.3) is 0 Å². The highest BCUT2D eigenvalue weighted by Crippen LogP contribution is 2.16. The van der Waals surface area contributed by atoms with Gasteiger partial charge in [0.2, 0.25) is 0 Å². The van der Waals surface area contributed by atoms with Gasteiger partial charge in [-0.2, -0.15) is 5.10 Å². The minimum Gasteiger partial charge on any atom is -0.384 e. The van der Waals surface area contributed by atoms with Gasteiger partial charge >= 0.3 is 0 Å². The molecule has 1 aliphatic heterocycles. The van der Waals surface area contributed by atoms with Gasteiger partial charge in [-0.15, -0.1) is 24.0 Å². The summed E-state index contributed by atoms with van der Waals surface area (Å²) in [5, 5.41) is 7.76. The molecule has 3 rings (SSSR count). The van der Waals surface area contributed by atoms with Crippen LogP contribution in [-0.2, 0) is 17.8 Å². The van der Waals surface area contributed by atoms with E-state index in [0.717, 1.165) is 45.2 Å². The van der Waals surface area contributed by atoms with E-state index < -0.39 is 0 Å². The third-order valence-corrected chi connectivity index (χ3v) is 4.55. The Kier molecular flexibility index (Phi) is 8.37. The van der Waals surface area contributed by atoms with Gasteiger partial charge in [0, 0.05) is 52.1 Å². The Morgan fingerprint density at radius 1 is 1.35 bits per heavy atom. The second kappa shape index (κ2) is 10.5. The van der Waals surface area contributed by atoms with Gasteiger partial charge in [0.15, 0.2) is 5.96 Å². The van der Waals surface area contributed by atoms with Crippen molar-refractivity contribution in [1.29, 1.82) is 0 Å². The van der Waals surface area contributed by atoms with Gasteiger partial charge in [-0.1, -0.05) is 24.3 Å². The van der Waals surface area contributed by atoms with Crippen molar-refractivity contribution in [2.75, 3.05) is 33.9 Å². The average molecular weight is 469 g/mol. The maximum Gasteiger partial charge on any atom is 0.193 e. The topological polar surface area (TPSA) is 54.7 Å². The highest BCUT2D eigenvalue weighted by molar-refractivity contribution is 14.0. The molecule has 1 saturated heterocycles. The fourth-order valence-corrected chi connectivity index (χ4v) is 3.33. The third kappa shape index (κ3) is 5.70. The zero-order valence-corrected chi connectivity index (χ0v) is 17.8. The first-order chi connectivity index (χ1) is 12.3. The third-order valence-electron chi connectivity index (χ3n) is 4.55. The number of nitrogens with zero attached hydrogens (tertiary/aromatic N) is 4. The lowest BCUT2D eigenvalue weighted by Crippen LogP contribution is -2.39. The van der Waals surface area contributed by atoms with Crippen molar-refractivity contribution in [1.82, 2.24) is 20.0 Å². The fourth-order valence-electron chi connectivity index (χ4n) is 3.33. The van der Waals surface area contributed by atoms with E-state index in [1.54, 1.807) is 7.11 Å². The van der Waals surface area contributed by atoms with Gasteiger partial charge < -0.3 is 15.0 Å². The van der Waals surface area contributed by atoms with Crippen LogP contribution in [-0.4, -0.2) is 54.5 Å².